The van der Waals surface area contributed by atoms with Gasteiger partial charge in [-0.1, -0.05) is 26.0 Å². The van der Waals surface area contributed by atoms with Crippen molar-refractivity contribution in [3.05, 3.63) is 48.5 Å². The van der Waals surface area contributed by atoms with Gasteiger partial charge in [0.2, 0.25) is 0 Å². The molecule has 1 aromatic heterocycles. The van der Waals surface area contributed by atoms with Crippen LogP contribution in [0.15, 0.2) is 48.5 Å². The molecule has 0 aliphatic carbocycles. The van der Waals surface area contributed by atoms with E-state index >= 15 is 0 Å². The van der Waals surface area contributed by atoms with E-state index in [0.29, 0.717) is 0 Å². The molecule has 0 atom stereocenters. The van der Waals surface area contributed by atoms with Gasteiger partial charge in [-0.05, 0) is 41.6 Å². The SMILES string of the molecule is CC.CN(c1ccc(N)cc1)c1nnnc2ccccc12. The molecule has 0 aliphatic heterocycles. The zero-order chi connectivity index (χ0) is 15.2. The molecule has 2 N–H and O–H groups in total. The van der Waals surface area contributed by atoms with Crippen LogP contribution in [0.3, 0.4) is 0 Å². The largest absolute Gasteiger partial charge is 0.399 e. The van der Waals surface area contributed by atoms with Crippen molar-refractivity contribution in [1.29, 1.82) is 0 Å². The lowest BCUT2D eigenvalue weighted by Gasteiger charge is -2.18. The average molecular weight is 281 g/mol. The van der Waals surface area contributed by atoms with Crippen molar-refractivity contribution in [3.8, 4) is 0 Å². The number of nitrogens with zero attached hydrogens (tertiary/aromatic N) is 4. The lowest BCUT2D eigenvalue weighted by molar-refractivity contribution is 0.882. The van der Waals surface area contributed by atoms with Gasteiger partial charge in [0.25, 0.3) is 0 Å². The number of nitrogens with two attached hydrogens (primary N) is 1. The summed E-state index contributed by atoms with van der Waals surface area (Å²) in [5.74, 6) is 0.773. The first-order chi connectivity index (χ1) is 10.3. The van der Waals surface area contributed by atoms with Crippen molar-refractivity contribution < 1.29 is 0 Å². The Balaban J connectivity index is 0.000000774. The quantitative estimate of drug-likeness (QED) is 0.729. The van der Waals surface area contributed by atoms with Crippen molar-refractivity contribution in [3.63, 3.8) is 0 Å². The van der Waals surface area contributed by atoms with Crippen LogP contribution in [-0.4, -0.2) is 22.5 Å². The van der Waals surface area contributed by atoms with E-state index < -0.39 is 0 Å². The van der Waals surface area contributed by atoms with Gasteiger partial charge in [0.1, 0.15) is 0 Å². The number of fused-ring (bicyclic) bond motifs is 1. The molecule has 21 heavy (non-hydrogen) atoms. The smallest absolute Gasteiger partial charge is 0.166 e. The van der Waals surface area contributed by atoms with E-state index in [0.717, 1.165) is 28.1 Å². The summed E-state index contributed by atoms with van der Waals surface area (Å²) in [5.41, 5.74) is 8.27. The van der Waals surface area contributed by atoms with E-state index in [1.165, 1.54) is 0 Å². The minimum atomic E-state index is 0.739. The predicted molar refractivity (Wildman–Crippen MR) is 87.6 cm³/mol. The third-order valence-corrected chi connectivity index (χ3v) is 3.03. The number of benzene rings is 2. The maximum absolute atomic E-state index is 5.70. The molecule has 2 aromatic carbocycles. The van der Waals surface area contributed by atoms with Gasteiger partial charge in [0.15, 0.2) is 5.82 Å². The Kier molecular flexibility index (Phi) is 4.66. The summed E-state index contributed by atoms with van der Waals surface area (Å²) in [7, 11) is 1.95. The third-order valence-electron chi connectivity index (χ3n) is 3.03. The minimum Gasteiger partial charge on any atom is -0.399 e. The molecule has 0 aliphatic rings. The molecular formula is C16H19N5. The molecule has 108 valence electrons. The van der Waals surface area contributed by atoms with Crippen molar-refractivity contribution in [2.24, 2.45) is 0 Å². The number of aromatic nitrogens is 3. The Hall–Kier alpha value is -2.69. The normalized spacial score (nSPS) is 9.86. The molecule has 0 amide bonds. The Morgan fingerprint density at radius 2 is 1.57 bits per heavy atom. The number of rotatable bonds is 2. The summed E-state index contributed by atoms with van der Waals surface area (Å²) < 4.78 is 0. The van der Waals surface area contributed by atoms with Crippen LogP contribution < -0.4 is 10.6 Å². The number of hydrogen-bond donors (Lipinski definition) is 1. The molecule has 0 saturated heterocycles. The zero-order valence-corrected chi connectivity index (χ0v) is 12.5. The van der Waals surface area contributed by atoms with Crippen LogP contribution >= 0.6 is 0 Å². The molecule has 3 rings (SSSR count). The maximum Gasteiger partial charge on any atom is 0.166 e. The highest BCUT2D eigenvalue weighted by Crippen LogP contribution is 2.27. The second-order valence-electron chi connectivity index (χ2n) is 4.28. The van der Waals surface area contributed by atoms with Crippen molar-refractivity contribution in [2.75, 3.05) is 17.7 Å². The highest BCUT2D eigenvalue weighted by atomic mass is 15.4. The van der Waals surface area contributed by atoms with E-state index in [1.54, 1.807) is 0 Å². The molecule has 5 heteroatoms. The summed E-state index contributed by atoms with van der Waals surface area (Å²) in [6.07, 6.45) is 0. The van der Waals surface area contributed by atoms with Gasteiger partial charge in [-0.3, -0.25) is 0 Å². The standard InChI is InChI=1S/C14H13N5.C2H6/c1-19(11-8-6-10(15)7-9-11)14-12-4-2-3-5-13(12)16-18-17-14;1-2/h2-9H,15H2,1H3;1-2H3. The topological polar surface area (TPSA) is 67.9 Å². The van der Waals surface area contributed by atoms with Crippen molar-refractivity contribution in [2.45, 2.75) is 13.8 Å². The zero-order valence-electron chi connectivity index (χ0n) is 12.5. The first kappa shape index (κ1) is 14.7. The lowest BCUT2D eigenvalue weighted by atomic mass is 10.2. The molecule has 0 saturated carbocycles. The number of anilines is 3. The Bertz CT molecular complexity index is 704. The average Bonchev–Trinajstić information content (AvgIpc) is 2.56. The number of hydrogen-bond acceptors (Lipinski definition) is 5. The molecule has 1 heterocycles. The second-order valence-corrected chi connectivity index (χ2v) is 4.28. The molecule has 3 aromatic rings. The number of nitrogen functional groups attached to an aromatic ring is 1. The van der Waals surface area contributed by atoms with Gasteiger partial charge in [0, 0.05) is 23.8 Å². The fraction of sp³-hybridized carbons (Fsp3) is 0.188. The Morgan fingerprint density at radius 3 is 2.29 bits per heavy atom. The second kappa shape index (κ2) is 6.65. The molecule has 0 bridgehead atoms. The summed E-state index contributed by atoms with van der Waals surface area (Å²) >= 11 is 0. The van der Waals surface area contributed by atoms with E-state index in [1.807, 2.05) is 74.3 Å². The van der Waals surface area contributed by atoms with Gasteiger partial charge >= 0.3 is 0 Å². The third kappa shape index (κ3) is 3.08. The first-order valence-electron chi connectivity index (χ1n) is 6.93. The highest BCUT2D eigenvalue weighted by Gasteiger charge is 2.10. The van der Waals surface area contributed by atoms with E-state index in [4.69, 9.17) is 5.73 Å². The van der Waals surface area contributed by atoms with E-state index in [2.05, 4.69) is 15.4 Å². The molecule has 0 radical (unpaired) electrons. The molecule has 0 spiro atoms. The van der Waals surface area contributed by atoms with Gasteiger partial charge in [-0.25, -0.2) is 0 Å². The summed E-state index contributed by atoms with van der Waals surface area (Å²) in [6, 6.07) is 15.4. The van der Waals surface area contributed by atoms with Crippen LogP contribution in [-0.2, 0) is 0 Å². The summed E-state index contributed by atoms with van der Waals surface area (Å²) in [6.45, 7) is 4.00. The van der Waals surface area contributed by atoms with Crippen LogP contribution in [0.1, 0.15) is 13.8 Å². The van der Waals surface area contributed by atoms with Gasteiger partial charge in [-0.15, -0.1) is 10.2 Å². The van der Waals surface area contributed by atoms with E-state index in [9.17, 15) is 0 Å². The van der Waals surface area contributed by atoms with Crippen molar-refractivity contribution in [1.82, 2.24) is 15.4 Å². The van der Waals surface area contributed by atoms with Crippen LogP contribution in [0, 0.1) is 0 Å². The lowest BCUT2D eigenvalue weighted by Crippen LogP contribution is -2.13. The molecule has 5 nitrogen and oxygen atoms in total. The van der Waals surface area contributed by atoms with Gasteiger partial charge in [0.05, 0.1) is 5.52 Å². The monoisotopic (exact) mass is 281 g/mol. The Labute approximate surface area is 124 Å². The molecule has 0 fully saturated rings. The summed E-state index contributed by atoms with van der Waals surface area (Å²) in [5, 5.41) is 12.9. The van der Waals surface area contributed by atoms with Crippen molar-refractivity contribution >= 4 is 28.1 Å². The highest BCUT2D eigenvalue weighted by molar-refractivity contribution is 5.90. The van der Waals surface area contributed by atoms with Gasteiger partial charge < -0.3 is 10.6 Å². The van der Waals surface area contributed by atoms with Crippen LogP contribution in [0.25, 0.3) is 10.9 Å². The van der Waals surface area contributed by atoms with Crippen LogP contribution in [0.2, 0.25) is 0 Å². The molecular weight excluding hydrogens is 262 g/mol. The first-order valence-corrected chi connectivity index (χ1v) is 6.93. The van der Waals surface area contributed by atoms with Gasteiger partial charge in [-0.2, -0.15) is 0 Å². The fourth-order valence-corrected chi connectivity index (χ4v) is 1.98. The van der Waals surface area contributed by atoms with E-state index in [-0.39, 0.29) is 0 Å². The summed E-state index contributed by atoms with van der Waals surface area (Å²) in [4.78, 5) is 1.97. The fourth-order valence-electron chi connectivity index (χ4n) is 1.98. The molecule has 0 unspecified atom stereocenters. The van der Waals surface area contributed by atoms with Crippen LogP contribution in [0.5, 0.6) is 0 Å². The predicted octanol–water partition coefficient (Wildman–Crippen LogP) is 3.40. The maximum atomic E-state index is 5.70. The minimum absolute atomic E-state index is 0.739. The Morgan fingerprint density at radius 1 is 0.905 bits per heavy atom. The van der Waals surface area contributed by atoms with Crippen LogP contribution in [0.4, 0.5) is 17.2 Å².